The van der Waals surface area contributed by atoms with Crippen LogP contribution in [0.2, 0.25) is 0 Å². The highest BCUT2D eigenvalue weighted by atomic mass is 16.6. The van der Waals surface area contributed by atoms with Crippen molar-refractivity contribution in [2.24, 2.45) is 5.10 Å². The molecule has 0 spiro atoms. The number of nitrogens with two attached hydrogens (primary N) is 1. The van der Waals surface area contributed by atoms with E-state index in [-0.39, 0.29) is 23.1 Å². The minimum atomic E-state index is -0.552. The molecule has 4 N–H and O–H groups in total. The first-order valence-corrected chi connectivity index (χ1v) is 6.69. The number of amides is 1. The Kier molecular flexibility index (Phi) is 3.89. The normalized spacial score (nSPS) is 11.0. The molecule has 0 atom stereocenters. The lowest BCUT2D eigenvalue weighted by Gasteiger charge is -1.99. The minimum absolute atomic E-state index is 0.0281. The van der Waals surface area contributed by atoms with Gasteiger partial charge < -0.3 is 10.8 Å². The molecule has 0 aliphatic rings. The highest BCUT2D eigenvalue weighted by Gasteiger charge is 2.20. The van der Waals surface area contributed by atoms with Gasteiger partial charge in [0, 0.05) is 0 Å². The number of aromatic hydroxyl groups is 1. The lowest BCUT2D eigenvalue weighted by molar-refractivity contribution is 0.0949. The summed E-state index contributed by atoms with van der Waals surface area (Å²) in [6, 6.07) is 6.31. The summed E-state index contributed by atoms with van der Waals surface area (Å²) in [5, 5.41) is 27.6. The number of benzene rings is 1. The van der Waals surface area contributed by atoms with Gasteiger partial charge in [0.25, 0.3) is 5.91 Å². The molecule has 1 amide bonds. The van der Waals surface area contributed by atoms with Crippen LogP contribution in [0.25, 0.3) is 5.82 Å². The van der Waals surface area contributed by atoms with E-state index >= 15 is 0 Å². The van der Waals surface area contributed by atoms with E-state index in [0.717, 1.165) is 0 Å². The Morgan fingerprint density at radius 2 is 2.12 bits per heavy atom. The molecule has 0 radical (unpaired) electrons. The summed E-state index contributed by atoms with van der Waals surface area (Å²) in [5.41, 5.74) is 9.08. The van der Waals surface area contributed by atoms with Crippen LogP contribution < -0.4 is 11.2 Å². The number of hydrazone groups is 1. The first kappa shape index (κ1) is 15.1. The molecule has 0 saturated heterocycles. The number of hydrogen-bond donors (Lipinski definition) is 3. The van der Waals surface area contributed by atoms with Crippen LogP contribution in [0.1, 0.15) is 21.7 Å². The number of nitrogens with zero attached hydrogens (tertiary/aromatic N) is 6. The number of anilines is 1. The van der Waals surface area contributed by atoms with Crippen molar-refractivity contribution in [2.75, 3.05) is 5.73 Å². The zero-order chi connectivity index (χ0) is 17.1. The van der Waals surface area contributed by atoms with Crippen molar-refractivity contribution in [1.29, 1.82) is 0 Å². The fourth-order valence-electron chi connectivity index (χ4n) is 1.86. The summed E-state index contributed by atoms with van der Waals surface area (Å²) in [4.78, 5) is 12.1. The molecule has 0 bridgehead atoms. The Balaban J connectivity index is 1.73. The largest absolute Gasteiger partial charge is 0.508 e. The number of nitrogen functional groups attached to an aromatic ring is 1. The minimum Gasteiger partial charge on any atom is -0.508 e. The third-order valence-electron chi connectivity index (χ3n) is 3.08. The maximum atomic E-state index is 12.1. The summed E-state index contributed by atoms with van der Waals surface area (Å²) in [7, 11) is 0. The average Bonchev–Trinajstić information content (AvgIpc) is 3.14. The maximum absolute atomic E-state index is 12.1. The van der Waals surface area contributed by atoms with Gasteiger partial charge in [-0.15, -0.1) is 5.10 Å². The average molecular weight is 328 g/mol. The van der Waals surface area contributed by atoms with Crippen molar-refractivity contribution in [3.63, 3.8) is 0 Å². The Morgan fingerprint density at radius 1 is 1.38 bits per heavy atom. The lowest BCUT2D eigenvalue weighted by atomic mass is 10.2. The molecule has 3 aromatic rings. The second-order valence-electron chi connectivity index (χ2n) is 4.70. The zero-order valence-corrected chi connectivity index (χ0v) is 12.4. The number of carbonyl (C=O) groups is 1. The van der Waals surface area contributed by atoms with Gasteiger partial charge in [0.2, 0.25) is 11.6 Å². The van der Waals surface area contributed by atoms with Gasteiger partial charge in [-0.05, 0) is 47.1 Å². The van der Waals surface area contributed by atoms with Gasteiger partial charge in [0.15, 0.2) is 5.69 Å². The monoisotopic (exact) mass is 328 g/mol. The number of aromatic nitrogens is 5. The Labute approximate surface area is 134 Å². The smallest absolute Gasteiger partial charge is 0.293 e. The van der Waals surface area contributed by atoms with Crippen molar-refractivity contribution in [2.45, 2.75) is 6.92 Å². The molecular weight excluding hydrogens is 316 g/mol. The van der Waals surface area contributed by atoms with E-state index in [0.29, 0.717) is 11.3 Å². The van der Waals surface area contributed by atoms with Crippen molar-refractivity contribution < 1.29 is 14.5 Å². The maximum Gasteiger partial charge on any atom is 0.293 e. The third-order valence-corrected chi connectivity index (χ3v) is 3.08. The molecule has 11 heteroatoms. The van der Waals surface area contributed by atoms with Crippen LogP contribution in [0.3, 0.4) is 0 Å². The van der Waals surface area contributed by atoms with E-state index in [4.69, 9.17) is 5.73 Å². The summed E-state index contributed by atoms with van der Waals surface area (Å²) < 4.78 is 5.73. The number of rotatable bonds is 4. The fourth-order valence-corrected chi connectivity index (χ4v) is 1.86. The summed E-state index contributed by atoms with van der Waals surface area (Å²) in [5.74, 6) is -0.235. The molecule has 1 aromatic carbocycles. The van der Waals surface area contributed by atoms with Gasteiger partial charge in [0.1, 0.15) is 5.75 Å². The van der Waals surface area contributed by atoms with E-state index in [9.17, 15) is 9.90 Å². The number of phenols is 1. The Hall–Kier alpha value is -3.76. The van der Waals surface area contributed by atoms with Gasteiger partial charge in [-0.2, -0.15) is 9.78 Å². The number of nitrogens with one attached hydrogen (secondary N) is 1. The molecular formula is C13H12N8O3. The van der Waals surface area contributed by atoms with Crippen LogP contribution in [0.15, 0.2) is 34.0 Å². The second-order valence-corrected chi connectivity index (χ2v) is 4.70. The van der Waals surface area contributed by atoms with Crippen LogP contribution in [-0.4, -0.2) is 42.5 Å². The van der Waals surface area contributed by atoms with Crippen LogP contribution in [0, 0.1) is 6.92 Å². The van der Waals surface area contributed by atoms with Crippen LogP contribution in [0.5, 0.6) is 5.75 Å². The van der Waals surface area contributed by atoms with Crippen molar-refractivity contribution >= 4 is 17.9 Å². The lowest BCUT2D eigenvalue weighted by Crippen LogP contribution is -2.19. The van der Waals surface area contributed by atoms with Gasteiger partial charge in [-0.3, -0.25) is 4.79 Å². The third kappa shape index (κ3) is 2.90. The first-order chi connectivity index (χ1) is 11.6. The molecule has 2 aromatic heterocycles. The zero-order valence-electron chi connectivity index (χ0n) is 12.4. The quantitative estimate of drug-likeness (QED) is 0.446. The van der Waals surface area contributed by atoms with Crippen molar-refractivity contribution in [1.82, 2.24) is 30.7 Å². The second kappa shape index (κ2) is 6.16. The number of carbonyl (C=O) groups excluding carboxylic acids is 1. The van der Waals surface area contributed by atoms with Crippen LogP contribution in [-0.2, 0) is 0 Å². The van der Waals surface area contributed by atoms with E-state index < -0.39 is 5.91 Å². The number of phenolic OH excluding ortho intramolecular Hbond substituents is 1. The van der Waals surface area contributed by atoms with Crippen LogP contribution >= 0.6 is 0 Å². The van der Waals surface area contributed by atoms with Gasteiger partial charge >= 0.3 is 0 Å². The molecule has 0 unspecified atom stereocenters. The van der Waals surface area contributed by atoms with Gasteiger partial charge in [0.05, 0.1) is 11.9 Å². The Morgan fingerprint density at radius 3 is 2.79 bits per heavy atom. The Bertz CT molecular complexity index is 896. The standard InChI is InChI=1S/C13H12N8O3/c1-7-10(16-20-21(7)12-11(14)18-24-19-12)13(23)17-15-6-8-2-4-9(22)5-3-8/h2-6,22H,1H3,(H2,14,18)(H,17,23)/b15-6+. The van der Waals surface area contributed by atoms with Crippen LogP contribution in [0.4, 0.5) is 5.82 Å². The van der Waals surface area contributed by atoms with Gasteiger partial charge in [-0.1, -0.05) is 5.21 Å². The molecule has 0 aliphatic heterocycles. The molecule has 0 aliphatic carbocycles. The predicted octanol–water partition coefficient (Wildman–Crippen LogP) is 0.0104. The first-order valence-electron chi connectivity index (χ1n) is 6.69. The van der Waals surface area contributed by atoms with E-state index in [1.54, 1.807) is 19.1 Å². The van der Waals surface area contributed by atoms with E-state index in [2.05, 4.69) is 35.8 Å². The van der Waals surface area contributed by atoms with E-state index in [1.807, 2.05) is 0 Å². The molecule has 11 nitrogen and oxygen atoms in total. The van der Waals surface area contributed by atoms with Crippen molar-refractivity contribution in [3.8, 4) is 11.6 Å². The number of hydrogen-bond acceptors (Lipinski definition) is 9. The molecule has 122 valence electrons. The molecule has 2 heterocycles. The van der Waals surface area contributed by atoms with Gasteiger partial charge in [-0.25, -0.2) is 10.1 Å². The molecule has 3 rings (SSSR count). The summed E-state index contributed by atoms with van der Waals surface area (Å²) in [6.07, 6.45) is 1.43. The molecule has 0 saturated carbocycles. The molecule has 24 heavy (non-hydrogen) atoms. The summed E-state index contributed by atoms with van der Waals surface area (Å²) >= 11 is 0. The molecule has 0 fully saturated rings. The fraction of sp³-hybridized carbons (Fsp3) is 0.0769. The highest BCUT2D eigenvalue weighted by Crippen LogP contribution is 2.14. The summed E-state index contributed by atoms with van der Waals surface area (Å²) in [6.45, 7) is 1.62. The van der Waals surface area contributed by atoms with Crippen molar-refractivity contribution in [3.05, 3.63) is 41.2 Å². The topological polar surface area (TPSA) is 157 Å². The van der Waals surface area contributed by atoms with E-state index in [1.165, 1.54) is 23.0 Å². The predicted molar refractivity (Wildman–Crippen MR) is 81.5 cm³/mol. The SMILES string of the molecule is Cc1c(C(=O)N/N=C/c2ccc(O)cc2)nnn1-c1nonc1N. The highest BCUT2D eigenvalue weighted by molar-refractivity contribution is 5.94.